The maximum Gasteiger partial charge on any atom is 0.416 e. The van der Waals surface area contributed by atoms with Gasteiger partial charge in [-0.3, -0.25) is 4.79 Å². The van der Waals surface area contributed by atoms with Crippen LogP contribution in [0.25, 0.3) is 0 Å². The molecule has 2 atom stereocenters. The molecule has 3 rings (SSSR count). The molecule has 1 aliphatic heterocycles. The summed E-state index contributed by atoms with van der Waals surface area (Å²) in [6.07, 6.45) is -0.843. The van der Waals surface area contributed by atoms with Crippen molar-refractivity contribution in [3.63, 3.8) is 0 Å². The molecule has 1 saturated heterocycles. The first-order valence-corrected chi connectivity index (χ1v) is 11.3. The molecule has 1 fully saturated rings. The lowest BCUT2D eigenvalue weighted by Gasteiger charge is -2.26. The summed E-state index contributed by atoms with van der Waals surface area (Å²) in [4.78, 5) is 39.3. The van der Waals surface area contributed by atoms with E-state index in [0.717, 1.165) is 16.0 Å². The molecule has 1 heterocycles. The minimum absolute atomic E-state index is 0.0192. The quantitative estimate of drug-likeness (QED) is 0.599. The Morgan fingerprint density at radius 2 is 1.68 bits per heavy atom. The Morgan fingerprint density at radius 1 is 1.06 bits per heavy atom. The number of alkyl carbamates (subject to hydrolysis) is 1. The number of ether oxygens (including phenoxy) is 3. The molecule has 1 N–H and O–H groups in total. The Bertz CT molecular complexity index is 958. The van der Waals surface area contributed by atoms with Gasteiger partial charge in [0.15, 0.2) is 0 Å². The summed E-state index contributed by atoms with van der Waals surface area (Å²) in [5, 5.41) is 2.63. The number of rotatable bonds is 9. The SMILES string of the molecule is CC(C)(C)OC(=O)NC[C@@H](COCc1ccccc1)C(=O)N1C(=O)OC[C@H]1Cc1ccccc1. The van der Waals surface area contributed by atoms with Crippen LogP contribution in [0.3, 0.4) is 0 Å². The number of imide groups is 1. The number of hydrogen-bond donors (Lipinski definition) is 1. The molecule has 3 amide bonds. The van der Waals surface area contributed by atoms with Crippen LogP contribution in [0.2, 0.25) is 0 Å². The first-order chi connectivity index (χ1) is 16.2. The van der Waals surface area contributed by atoms with E-state index in [2.05, 4.69) is 5.32 Å². The number of carbonyl (C=O) groups excluding carboxylic acids is 3. The lowest BCUT2D eigenvalue weighted by Crippen LogP contribution is -2.48. The van der Waals surface area contributed by atoms with Gasteiger partial charge in [-0.2, -0.15) is 0 Å². The normalized spacial score (nSPS) is 16.6. The van der Waals surface area contributed by atoms with Crippen molar-refractivity contribution in [2.45, 2.75) is 45.4 Å². The topological polar surface area (TPSA) is 94.2 Å². The van der Waals surface area contributed by atoms with Gasteiger partial charge in [0.05, 0.1) is 25.2 Å². The van der Waals surface area contributed by atoms with Crippen molar-refractivity contribution in [1.82, 2.24) is 10.2 Å². The van der Waals surface area contributed by atoms with E-state index >= 15 is 0 Å². The molecule has 8 nitrogen and oxygen atoms in total. The van der Waals surface area contributed by atoms with Crippen molar-refractivity contribution in [1.29, 1.82) is 0 Å². The maximum atomic E-state index is 13.4. The second-order valence-electron chi connectivity index (χ2n) is 9.21. The number of cyclic esters (lactones) is 1. The summed E-state index contributed by atoms with van der Waals surface area (Å²) in [7, 11) is 0. The van der Waals surface area contributed by atoms with Gasteiger partial charge in [0.2, 0.25) is 5.91 Å². The smallest absolute Gasteiger partial charge is 0.416 e. The van der Waals surface area contributed by atoms with Gasteiger partial charge in [-0.15, -0.1) is 0 Å². The molecule has 182 valence electrons. The minimum atomic E-state index is -0.792. The lowest BCUT2D eigenvalue weighted by atomic mass is 10.0. The molecule has 2 aromatic carbocycles. The fourth-order valence-electron chi connectivity index (χ4n) is 3.60. The van der Waals surface area contributed by atoms with E-state index in [9.17, 15) is 14.4 Å². The maximum absolute atomic E-state index is 13.4. The van der Waals surface area contributed by atoms with Crippen molar-refractivity contribution in [3.8, 4) is 0 Å². The van der Waals surface area contributed by atoms with Gasteiger partial charge in [-0.1, -0.05) is 60.7 Å². The van der Waals surface area contributed by atoms with Crippen LogP contribution in [-0.2, 0) is 32.0 Å². The molecular formula is C26H32N2O6. The van der Waals surface area contributed by atoms with Crippen LogP contribution in [0.5, 0.6) is 0 Å². The van der Waals surface area contributed by atoms with E-state index in [1.807, 2.05) is 60.7 Å². The summed E-state index contributed by atoms with van der Waals surface area (Å²) in [5.41, 5.74) is 1.27. The fourth-order valence-corrected chi connectivity index (χ4v) is 3.60. The highest BCUT2D eigenvalue weighted by atomic mass is 16.6. The van der Waals surface area contributed by atoms with Crippen molar-refractivity contribution < 1.29 is 28.6 Å². The van der Waals surface area contributed by atoms with Gasteiger partial charge in [-0.05, 0) is 38.3 Å². The third-order valence-electron chi connectivity index (χ3n) is 5.18. The van der Waals surface area contributed by atoms with Crippen molar-refractivity contribution in [2.75, 3.05) is 19.8 Å². The van der Waals surface area contributed by atoms with Crippen molar-refractivity contribution in [2.24, 2.45) is 5.92 Å². The summed E-state index contributed by atoms with van der Waals surface area (Å²) in [6, 6.07) is 18.7. The van der Waals surface area contributed by atoms with E-state index in [4.69, 9.17) is 14.2 Å². The third-order valence-corrected chi connectivity index (χ3v) is 5.18. The molecular weight excluding hydrogens is 436 g/mol. The Hall–Kier alpha value is -3.39. The average Bonchev–Trinajstić information content (AvgIpc) is 3.15. The van der Waals surface area contributed by atoms with Gasteiger partial charge in [0, 0.05) is 6.54 Å². The van der Waals surface area contributed by atoms with Crippen LogP contribution >= 0.6 is 0 Å². The molecule has 0 aliphatic carbocycles. The molecule has 0 unspecified atom stereocenters. The highest BCUT2D eigenvalue weighted by Crippen LogP contribution is 2.20. The molecule has 34 heavy (non-hydrogen) atoms. The predicted octanol–water partition coefficient (Wildman–Crippen LogP) is 3.93. The second kappa shape index (κ2) is 11.7. The molecule has 0 aromatic heterocycles. The summed E-state index contributed by atoms with van der Waals surface area (Å²) in [6.45, 7) is 5.67. The molecule has 0 radical (unpaired) electrons. The zero-order chi connectivity index (χ0) is 24.6. The molecule has 0 bridgehead atoms. The van der Waals surface area contributed by atoms with Gasteiger partial charge in [0.1, 0.15) is 12.2 Å². The van der Waals surface area contributed by atoms with Gasteiger partial charge >= 0.3 is 12.2 Å². The lowest BCUT2D eigenvalue weighted by molar-refractivity contribution is -0.135. The Kier molecular flexibility index (Phi) is 8.65. The first-order valence-electron chi connectivity index (χ1n) is 11.3. The van der Waals surface area contributed by atoms with E-state index < -0.39 is 35.7 Å². The van der Waals surface area contributed by atoms with Crippen molar-refractivity contribution in [3.05, 3.63) is 71.8 Å². The number of nitrogens with zero attached hydrogens (tertiary/aromatic N) is 1. The summed E-state index contributed by atoms with van der Waals surface area (Å²) in [5.74, 6) is -1.24. The average molecular weight is 469 g/mol. The second-order valence-corrected chi connectivity index (χ2v) is 9.21. The first kappa shape index (κ1) is 25.2. The van der Waals surface area contributed by atoms with Crippen molar-refractivity contribution >= 4 is 18.1 Å². The van der Waals surface area contributed by atoms with Gasteiger partial charge in [0.25, 0.3) is 0 Å². The molecule has 1 aliphatic rings. The van der Waals surface area contributed by atoms with Crippen LogP contribution in [-0.4, -0.2) is 54.4 Å². The van der Waals surface area contributed by atoms with E-state index in [1.54, 1.807) is 20.8 Å². The van der Waals surface area contributed by atoms with Gasteiger partial charge in [-0.25, -0.2) is 14.5 Å². The zero-order valence-electron chi connectivity index (χ0n) is 19.9. The predicted molar refractivity (Wildman–Crippen MR) is 126 cm³/mol. The molecule has 0 spiro atoms. The zero-order valence-corrected chi connectivity index (χ0v) is 19.9. The summed E-state index contributed by atoms with van der Waals surface area (Å²) < 4.78 is 16.3. The standard InChI is InChI=1S/C26H32N2O6/c1-26(2,3)34-24(30)27-15-21(17-32-16-20-12-8-5-9-13-20)23(29)28-22(18-33-25(28)31)14-19-10-6-4-7-11-19/h4-13,21-22H,14-18H2,1-3H3,(H,27,30)/t21-,22+/m0/s1. The highest BCUT2D eigenvalue weighted by molar-refractivity contribution is 5.95. The Balaban J connectivity index is 1.69. The van der Waals surface area contributed by atoms with Crippen LogP contribution in [0.15, 0.2) is 60.7 Å². The molecule has 0 saturated carbocycles. The number of amides is 3. The Morgan fingerprint density at radius 3 is 2.29 bits per heavy atom. The number of benzene rings is 2. The number of hydrogen-bond acceptors (Lipinski definition) is 6. The number of carbonyl (C=O) groups is 3. The van der Waals surface area contributed by atoms with Crippen LogP contribution in [0.4, 0.5) is 9.59 Å². The van der Waals surface area contributed by atoms with E-state index in [1.165, 1.54) is 0 Å². The third kappa shape index (κ3) is 7.59. The van der Waals surface area contributed by atoms with E-state index in [-0.39, 0.29) is 19.8 Å². The number of nitrogens with one attached hydrogen (secondary N) is 1. The van der Waals surface area contributed by atoms with Crippen LogP contribution < -0.4 is 5.32 Å². The van der Waals surface area contributed by atoms with Crippen LogP contribution in [0.1, 0.15) is 31.9 Å². The molecule has 8 heteroatoms. The minimum Gasteiger partial charge on any atom is -0.447 e. The van der Waals surface area contributed by atoms with Gasteiger partial charge < -0.3 is 19.5 Å². The summed E-state index contributed by atoms with van der Waals surface area (Å²) >= 11 is 0. The Labute approximate surface area is 200 Å². The monoisotopic (exact) mass is 468 g/mol. The van der Waals surface area contributed by atoms with E-state index in [0.29, 0.717) is 13.0 Å². The molecule has 2 aromatic rings. The van der Waals surface area contributed by atoms with Crippen LogP contribution in [0, 0.1) is 5.92 Å². The highest BCUT2D eigenvalue weighted by Gasteiger charge is 2.41. The fraction of sp³-hybridized carbons (Fsp3) is 0.423. The largest absolute Gasteiger partial charge is 0.447 e.